The number of carbonyl (C=O) groups is 1. The highest BCUT2D eigenvalue weighted by molar-refractivity contribution is 7.98. The molecule has 4 nitrogen and oxygen atoms in total. The van der Waals surface area contributed by atoms with Crippen LogP contribution < -0.4 is 10.6 Å². The van der Waals surface area contributed by atoms with Crippen LogP contribution in [-0.2, 0) is 10.5 Å². The molecule has 0 saturated carbocycles. The number of benzene rings is 3. The minimum atomic E-state index is -0.625. The number of nitriles is 1. The molecular formula is C31H27F2N3OS. The molecule has 38 heavy (non-hydrogen) atoms. The predicted octanol–water partition coefficient (Wildman–Crippen LogP) is 7.18. The monoisotopic (exact) mass is 527 g/mol. The lowest BCUT2D eigenvalue weighted by atomic mass is 9.73. The molecular weight excluding hydrogens is 500 g/mol. The van der Waals surface area contributed by atoms with Crippen molar-refractivity contribution in [2.45, 2.75) is 49.7 Å². The Hall–Kier alpha value is -3.89. The Balaban J connectivity index is 1.64. The minimum absolute atomic E-state index is 0.0408. The van der Waals surface area contributed by atoms with Crippen molar-refractivity contribution in [3.05, 3.63) is 117 Å². The number of allylic oxidation sites excluding steroid dienone is 3. The van der Waals surface area contributed by atoms with E-state index in [1.807, 2.05) is 19.9 Å². The van der Waals surface area contributed by atoms with Crippen molar-refractivity contribution in [2.75, 3.05) is 4.90 Å². The van der Waals surface area contributed by atoms with Gasteiger partial charge in [0.1, 0.15) is 17.5 Å². The summed E-state index contributed by atoms with van der Waals surface area (Å²) in [6.07, 6.45) is 1.57. The largest absolute Gasteiger partial charge is 0.384 e. The summed E-state index contributed by atoms with van der Waals surface area (Å²) in [4.78, 5) is 16.0. The molecule has 0 radical (unpaired) electrons. The third-order valence-electron chi connectivity index (χ3n) is 7.23. The number of rotatable bonds is 5. The fraction of sp³-hybridized carbons (Fsp3) is 0.226. The molecule has 1 aliphatic heterocycles. The Bertz CT molecular complexity index is 1540. The van der Waals surface area contributed by atoms with Gasteiger partial charge in [-0.1, -0.05) is 29.8 Å². The first-order valence-electron chi connectivity index (χ1n) is 12.5. The predicted molar refractivity (Wildman–Crippen MR) is 146 cm³/mol. The van der Waals surface area contributed by atoms with Crippen molar-refractivity contribution >= 4 is 23.2 Å². The smallest absolute Gasteiger partial charge is 0.161 e. The second kappa shape index (κ2) is 10.5. The molecule has 3 aromatic carbocycles. The molecule has 0 spiro atoms. The van der Waals surface area contributed by atoms with E-state index < -0.39 is 11.7 Å². The van der Waals surface area contributed by atoms with E-state index in [2.05, 4.69) is 12.1 Å². The Kier molecular flexibility index (Phi) is 7.09. The zero-order chi connectivity index (χ0) is 27.0. The van der Waals surface area contributed by atoms with Crippen molar-refractivity contribution in [3.63, 3.8) is 0 Å². The molecule has 1 heterocycles. The van der Waals surface area contributed by atoms with Gasteiger partial charge in [0, 0.05) is 28.3 Å². The normalized spacial score (nSPS) is 17.5. The van der Waals surface area contributed by atoms with E-state index >= 15 is 0 Å². The van der Waals surface area contributed by atoms with Crippen molar-refractivity contribution in [3.8, 4) is 6.07 Å². The van der Waals surface area contributed by atoms with Gasteiger partial charge in [0.2, 0.25) is 0 Å². The van der Waals surface area contributed by atoms with Gasteiger partial charge >= 0.3 is 0 Å². The molecule has 0 fully saturated rings. The average molecular weight is 528 g/mol. The first-order valence-corrected chi connectivity index (χ1v) is 13.5. The minimum Gasteiger partial charge on any atom is -0.384 e. The highest BCUT2D eigenvalue weighted by Gasteiger charge is 2.41. The molecule has 0 bridgehead atoms. The summed E-state index contributed by atoms with van der Waals surface area (Å²) in [6.45, 7) is 3.98. The van der Waals surface area contributed by atoms with E-state index in [0.29, 0.717) is 36.3 Å². The summed E-state index contributed by atoms with van der Waals surface area (Å²) < 4.78 is 28.3. The number of carbonyl (C=O) groups excluding carboxylic acids is 1. The van der Waals surface area contributed by atoms with Gasteiger partial charge in [-0.05, 0) is 79.8 Å². The Morgan fingerprint density at radius 3 is 2.53 bits per heavy atom. The molecule has 3 aromatic rings. The highest BCUT2D eigenvalue weighted by Crippen LogP contribution is 2.48. The summed E-state index contributed by atoms with van der Waals surface area (Å²) >= 11 is 1.59. The quantitative estimate of drug-likeness (QED) is 0.356. The van der Waals surface area contributed by atoms with E-state index in [-0.39, 0.29) is 28.7 Å². The van der Waals surface area contributed by atoms with Crippen LogP contribution in [0.25, 0.3) is 0 Å². The first kappa shape index (κ1) is 25.7. The van der Waals surface area contributed by atoms with Crippen LogP contribution in [0.4, 0.5) is 14.5 Å². The molecule has 0 aromatic heterocycles. The number of Topliss-reactive ketones (excluding diaryl/α,β-unsaturated/α-hetero) is 1. The molecule has 0 saturated heterocycles. The van der Waals surface area contributed by atoms with Crippen LogP contribution in [0.1, 0.15) is 47.4 Å². The summed E-state index contributed by atoms with van der Waals surface area (Å²) in [6, 6.07) is 19.0. The van der Waals surface area contributed by atoms with Gasteiger partial charge < -0.3 is 5.73 Å². The number of hydrogen-bond acceptors (Lipinski definition) is 5. The van der Waals surface area contributed by atoms with E-state index in [1.54, 1.807) is 47.0 Å². The molecule has 5 rings (SSSR count). The zero-order valence-corrected chi connectivity index (χ0v) is 22.0. The second-order valence-corrected chi connectivity index (χ2v) is 10.7. The maximum Gasteiger partial charge on any atom is 0.161 e. The van der Waals surface area contributed by atoms with Gasteiger partial charge in [-0.25, -0.2) is 8.78 Å². The topological polar surface area (TPSA) is 70.1 Å². The summed E-state index contributed by atoms with van der Waals surface area (Å²) in [5.74, 6) is -0.621. The molecule has 1 unspecified atom stereocenters. The first-order chi connectivity index (χ1) is 18.3. The lowest BCUT2D eigenvalue weighted by molar-refractivity contribution is -0.116. The van der Waals surface area contributed by atoms with Gasteiger partial charge in [0.05, 0.1) is 23.2 Å². The van der Waals surface area contributed by atoms with E-state index in [1.165, 1.54) is 18.2 Å². The Morgan fingerprint density at radius 1 is 1.08 bits per heavy atom. The number of aryl methyl sites for hydroxylation is 1. The van der Waals surface area contributed by atoms with Crippen LogP contribution in [0.3, 0.4) is 0 Å². The summed E-state index contributed by atoms with van der Waals surface area (Å²) in [5, 5.41) is 10.3. The summed E-state index contributed by atoms with van der Waals surface area (Å²) in [7, 11) is 0. The third-order valence-corrected chi connectivity index (χ3v) is 8.29. The van der Waals surface area contributed by atoms with Gasteiger partial charge in [-0.15, -0.1) is 11.8 Å². The molecule has 2 N–H and O–H groups in total. The maximum absolute atomic E-state index is 14.9. The van der Waals surface area contributed by atoms with E-state index in [9.17, 15) is 18.8 Å². The Morgan fingerprint density at radius 2 is 1.82 bits per heavy atom. The maximum atomic E-state index is 14.9. The van der Waals surface area contributed by atoms with Gasteiger partial charge in [-0.2, -0.15) is 5.26 Å². The highest BCUT2D eigenvalue weighted by atomic mass is 32.2. The van der Waals surface area contributed by atoms with Crippen LogP contribution in [0.15, 0.2) is 88.2 Å². The lowest BCUT2D eigenvalue weighted by Gasteiger charge is -2.40. The number of hydrogen-bond donors (Lipinski definition) is 1. The number of halogens is 2. The molecule has 2 aliphatic rings. The van der Waals surface area contributed by atoms with Crippen LogP contribution in [0, 0.1) is 36.8 Å². The van der Waals surface area contributed by atoms with Gasteiger partial charge in [0.15, 0.2) is 5.78 Å². The number of anilines is 1. The van der Waals surface area contributed by atoms with Gasteiger partial charge in [0.25, 0.3) is 0 Å². The van der Waals surface area contributed by atoms with Gasteiger partial charge in [-0.3, -0.25) is 9.69 Å². The molecule has 1 atom stereocenters. The zero-order valence-electron chi connectivity index (χ0n) is 21.2. The van der Waals surface area contributed by atoms with Crippen molar-refractivity contribution in [2.24, 2.45) is 5.73 Å². The number of ketones is 1. The van der Waals surface area contributed by atoms with E-state index in [4.69, 9.17) is 5.73 Å². The lowest BCUT2D eigenvalue weighted by Crippen LogP contribution is -2.39. The van der Waals surface area contributed by atoms with Crippen molar-refractivity contribution in [1.82, 2.24) is 0 Å². The fourth-order valence-electron chi connectivity index (χ4n) is 5.41. The van der Waals surface area contributed by atoms with Crippen LogP contribution in [0.5, 0.6) is 0 Å². The van der Waals surface area contributed by atoms with Crippen LogP contribution >= 0.6 is 11.8 Å². The number of nitrogens with zero attached hydrogens (tertiary/aromatic N) is 2. The number of thioether (sulfide) groups is 1. The van der Waals surface area contributed by atoms with Crippen molar-refractivity contribution in [1.29, 1.82) is 5.26 Å². The SMILES string of the molecule is Cc1cc(CSc2ccc(F)cc2)c(C)c(C2C(C#N)=C(N)N(c3ccccc3F)C3=C2C(=O)CCC3)c1. The van der Waals surface area contributed by atoms with Crippen LogP contribution in [-0.4, -0.2) is 5.78 Å². The second-order valence-electron chi connectivity index (χ2n) is 9.65. The molecule has 7 heteroatoms. The number of para-hydroxylation sites is 1. The third kappa shape index (κ3) is 4.61. The number of nitrogens with two attached hydrogens (primary N) is 1. The fourth-order valence-corrected chi connectivity index (χ4v) is 6.36. The van der Waals surface area contributed by atoms with E-state index in [0.717, 1.165) is 27.1 Å². The molecule has 192 valence electrons. The standard InChI is InChI=1S/C31H27F2N3OS/c1-18-14-20(17-38-22-12-10-21(32)11-13-22)19(2)23(15-18)29-24(16-34)31(35)36(26-7-4-3-6-25(26)33)27-8-5-9-28(37)30(27)29/h3-4,6-7,10-15,29H,5,8-9,17,35H2,1-2H3. The molecule has 0 amide bonds. The molecule has 1 aliphatic carbocycles. The average Bonchev–Trinajstić information content (AvgIpc) is 2.90. The van der Waals surface area contributed by atoms with Crippen molar-refractivity contribution < 1.29 is 13.6 Å². The summed E-state index contributed by atoms with van der Waals surface area (Å²) in [5.41, 5.74) is 12.2. The van der Waals surface area contributed by atoms with Crippen LogP contribution in [0.2, 0.25) is 0 Å². The Labute approximate surface area is 225 Å².